The third kappa shape index (κ3) is 6.21. The Labute approximate surface area is 203 Å². The van der Waals surface area contributed by atoms with Crippen LogP contribution in [0.2, 0.25) is 0 Å². The first-order valence-corrected chi connectivity index (χ1v) is 11.0. The van der Waals surface area contributed by atoms with Crippen molar-refractivity contribution in [3.8, 4) is 11.1 Å². The van der Waals surface area contributed by atoms with Crippen molar-refractivity contribution in [3.63, 3.8) is 0 Å². The van der Waals surface area contributed by atoms with Crippen molar-refractivity contribution >= 4 is 29.3 Å². The Balaban J connectivity index is 1.71. The zero-order chi connectivity index (χ0) is 25.5. The van der Waals surface area contributed by atoms with Gasteiger partial charge in [0.2, 0.25) is 11.8 Å². The van der Waals surface area contributed by atoms with Gasteiger partial charge in [0.25, 0.3) is 11.8 Å². The van der Waals surface area contributed by atoms with Gasteiger partial charge in [-0.2, -0.15) is 0 Å². The number of hydrogen-bond acceptors (Lipinski definition) is 5. The molecule has 0 spiro atoms. The lowest BCUT2D eigenvalue weighted by Crippen LogP contribution is -2.35. The molecule has 2 aromatic carbocycles. The Bertz CT molecular complexity index is 1190. The summed E-state index contributed by atoms with van der Waals surface area (Å²) in [5, 5.41) is 7.95. The predicted molar refractivity (Wildman–Crippen MR) is 132 cm³/mol. The smallest absolute Gasteiger partial charge is 0.271 e. The molecule has 1 aliphatic heterocycles. The first-order chi connectivity index (χ1) is 16.7. The van der Waals surface area contributed by atoms with E-state index in [0.717, 1.165) is 16.7 Å². The number of amides is 4. The summed E-state index contributed by atoms with van der Waals surface area (Å²) in [5.74, 6) is -1.22. The van der Waals surface area contributed by atoms with E-state index in [2.05, 4.69) is 29.1 Å². The molecule has 35 heavy (non-hydrogen) atoms. The maximum atomic E-state index is 13.0. The van der Waals surface area contributed by atoms with Crippen molar-refractivity contribution in [3.05, 3.63) is 78.1 Å². The second-order valence-electron chi connectivity index (χ2n) is 8.02. The monoisotopic (exact) mass is 476 g/mol. The number of rotatable bonds is 10. The third-order valence-electron chi connectivity index (χ3n) is 5.37. The summed E-state index contributed by atoms with van der Waals surface area (Å²) in [5.41, 5.74) is 4.00. The number of carbonyl (C=O) groups excluding carboxylic acids is 4. The highest BCUT2D eigenvalue weighted by Crippen LogP contribution is 2.34. The van der Waals surface area contributed by atoms with Crippen LogP contribution in [0.3, 0.4) is 0 Å². The molecule has 3 rings (SSSR count). The van der Waals surface area contributed by atoms with Gasteiger partial charge in [0.05, 0.1) is 13.2 Å². The number of benzene rings is 2. The molecule has 182 valence electrons. The van der Waals surface area contributed by atoms with Crippen molar-refractivity contribution in [1.29, 1.82) is 0 Å². The summed E-state index contributed by atoms with van der Waals surface area (Å²) in [7, 11) is 1.49. The molecule has 4 amide bonds. The lowest BCUT2D eigenvalue weighted by Gasteiger charge is -2.18. The highest BCUT2D eigenvalue weighted by molar-refractivity contribution is 6.06. The van der Waals surface area contributed by atoms with E-state index in [4.69, 9.17) is 4.74 Å². The van der Waals surface area contributed by atoms with Crippen LogP contribution < -0.4 is 16.0 Å². The summed E-state index contributed by atoms with van der Waals surface area (Å²) in [4.78, 5) is 49.8. The van der Waals surface area contributed by atoms with Gasteiger partial charge in [-0.05, 0) is 34.9 Å². The van der Waals surface area contributed by atoms with E-state index in [0.29, 0.717) is 16.9 Å². The van der Waals surface area contributed by atoms with E-state index < -0.39 is 5.91 Å². The molecular formula is C26H28N4O5. The van der Waals surface area contributed by atoms with Gasteiger partial charge in [-0.3, -0.25) is 24.1 Å². The maximum Gasteiger partial charge on any atom is 0.271 e. The lowest BCUT2D eigenvalue weighted by molar-refractivity contribution is -0.120. The highest BCUT2D eigenvalue weighted by Gasteiger charge is 2.33. The molecule has 0 bridgehead atoms. The minimum absolute atomic E-state index is 0.0201. The molecule has 1 heterocycles. The van der Waals surface area contributed by atoms with Gasteiger partial charge in [0.1, 0.15) is 5.70 Å². The first-order valence-electron chi connectivity index (χ1n) is 11.0. The van der Waals surface area contributed by atoms with Gasteiger partial charge in [-0.1, -0.05) is 37.4 Å². The molecule has 3 N–H and O–H groups in total. The van der Waals surface area contributed by atoms with Crippen LogP contribution in [0.5, 0.6) is 0 Å². The number of carbonyl (C=O) groups is 4. The topological polar surface area (TPSA) is 117 Å². The molecular weight excluding hydrogens is 448 g/mol. The zero-order valence-corrected chi connectivity index (χ0v) is 19.8. The SMILES string of the molecule is C=C(COC)NC(=O)C(=C)N1Cc2c(cccc2-c2ccc(NC(=O)CCNC(C)=O)cc2)C1=O. The average Bonchev–Trinajstić information content (AvgIpc) is 3.15. The Hall–Kier alpha value is -4.24. The largest absolute Gasteiger partial charge is 0.379 e. The number of hydrogen-bond donors (Lipinski definition) is 3. The third-order valence-corrected chi connectivity index (χ3v) is 5.37. The molecule has 0 saturated heterocycles. The van der Waals surface area contributed by atoms with E-state index in [1.807, 2.05) is 18.2 Å². The molecule has 0 fully saturated rings. The van der Waals surface area contributed by atoms with Crippen LogP contribution in [-0.2, 0) is 25.7 Å². The number of ether oxygens (including phenoxy) is 1. The average molecular weight is 477 g/mol. The van der Waals surface area contributed by atoms with Crippen LogP contribution >= 0.6 is 0 Å². The van der Waals surface area contributed by atoms with Crippen LogP contribution in [-0.4, -0.2) is 48.8 Å². The van der Waals surface area contributed by atoms with Gasteiger partial charge in [-0.15, -0.1) is 0 Å². The molecule has 0 atom stereocenters. The normalized spacial score (nSPS) is 12.1. The van der Waals surface area contributed by atoms with Crippen molar-refractivity contribution < 1.29 is 23.9 Å². The fourth-order valence-corrected chi connectivity index (χ4v) is 3.70. The summed E-state index contributed by atoms with van der Waals surface area (Å²) in [6, 6.07) is 12.7. The van der Waals surface area contributed by atoms with Crippen LogP contribution in [0, 0.1) is 0 Å². The summed E-state index contributed by atoms with van der Waals surface area (Å²) in [6.45, 7) is 9.54. The quantitative estimate of drug-likeness (QED) is 0.456. The van der Waals surface area contributed by atoms with Gasteiger partial charge >= 0.3 is 0 Å². The Morgan fingerprint density at radius 1 is 1.06 bits per heavy atom. The fraction of sp³-hybridized carbons (Fsp3) is 0.231. The van der Waals surface area contributed by atoms with Crippen molar-refractivity contribution in [1.82, 2.24) is 15.5 Å². The predicted octanol–water partition coefficient (Wildman–Crippen LogP) is 2.56. The van der Waals surface area contributed by atoms with E-state index in [-0.39, 0.29) is 49.5 Å². The summed E-state index contributed by atoms with van der Waals surface area (Å²) < 4.78 is 4.94. The molecule has 9 heteroatoms. The van der Waals surface area contributed by atoms with Crippen molar-refractivity contribution in [2.45, 2.75) is 19.9 Å². The van der Waals surface area contributed by atoms with Crippen LogP contribution in [0.4, 0.5) is 5.69 Å². The zero-order valence-electron chi connectivity index (χ0n) is 19.8. The van der Waals surface area contributed by atoms with E-state index in [1.54, 1.807) is 24.3 Å². The molecule has 0 aliphatic carbocycles. The van der Waals surface area contributed by atoms with Gasteiger partial charge in [0.15, 0.2) is 0 Å². The van der Waals surface area contributed by atoms with Crippen LogP contribution in [0.15, 0.2) is 67.0 Å². The second kappa shape index (κ2) is 11.3. The second-order valence-corrected chi connectivity index (χ2v) is 8.02. The molecule has 9 nitrogen and oxygen atoms in total. The number of anilines is 1. The Morgan fingerprint density at radius 3 is 2.40 bits per heavy atom. The minimum Gasteiger partial charge on any atom is -0.379 e. The molecule has 2 aromatic rings. The summed E-state index contributed by atoms with van der Waals surface area (Å²) in [6.07, 6.45) is 0.168. The Kier molecular flexibility index (Phi) is 8.17. The minimum atomic E-state index is -0.520. The van der Waals surface area contributed by atoms with E-state index in [9.17, 15) is 19.2 Å². The van der Waals surface area contributed by atoms with E-state index >= 15 is 0 Å². The molecule has 1 aliphatic rings. The number of nitrogens with one attached hydrogen (secondary N) is 3. The summed E-state index contributed by atoms with van der Waals surface area (Å²) >= 11 is 0. The van der Waals surface area contributed by atoms with E-state index in [1.165, 1.54) is 18.9 Å². The number of methoxy groups -OCH3 is 1. The van der Waals surface area contributed by atoms with Crippen molar-refractivity contribution in [2.75, 3.05) is 25.6 Å². The maximum absolute atomic E-state index is 13.0. The first kappa shape index (κ1) is 25.4. The highest BCUT2D eigenvalue weighted by atomic mass is 16.5. The number of nitrogens with zero attached hydrogens (tertiary/aromatic N) is 1. The molecule has 0 radical (unpaired) electrons. The lowest BCUT2D eigenvalue weighted by atomic mass is 9.97. The van der Waals surface area contributed by atoms with Crippen molar-refractivity contribution in [2.24, 2.45) is 0 Å². The Morgan fingerprint density at radius 2 is 1.74 bits per heavy atom. The molecule has 0 unspecified atom stereocenters. The van der Waals surface area contributed by atoms with Gasteiger partial charge in [0, 0.05) is 43.9 Å². The molecule has 0 saturated carbocycles. The van der Waals surface area contributed by atoms with Gasteiger partial charge in [-0.25, -0.2) is 0 Å². The fourth-order valence-electron chi connectivity index (χ4n) is 3.70. The van der Waals surface area contributed by atoms with Crippen LogP contribution in [0.1, 0.15) is 29.3 Å². The number of fused-ring (bicyclic) bond motifs is 1. The molecule has 0 aromatic heterocycles. The van der Waals surface area contributed by atoms with Crippen LogP contribution in [0.25, 0.3) is 11.1 Å². The van der Waals surface area contributed by atoms with Gasteiger partial charge < -0.3 is 20.7 Å². The standard InChI is InChI=1S/C26H28N4O5/c1-16(15-35-4)28-25(33)17(2)30-14-23-21(6-5-7-22(23)26(30)34)19-8-10-20(11-9-19)29-24(32)12-13-27-18(3)31/h5-11H,1-2,12-15H2,3-4H3,(H,27,31)(H,28,33)(H,29,32).